The number of benzene rings is 1. The van der Waals surface area contributed by atoms with Gasteiger partial charge in [0, 0.05) is 36.0 Å². The van der Waals surface area contributed by atoms with Crippen molar-refractivity contribution in [1.82, 2.24) is 15.1 Å². The molecule has 0 amide bonds. The van der Waals surface area contributed by atoms with Gasteiger partial charge < -0.3 is 10.1 Å². The molecule has 1 fully saturated rings. The van der Waals surface area contributed by atoms with Crippen molar-refractivity contribution in [2.24, 2.45) is 5.92 Å². The number of hydrogen-bond acceptors (Lipinski definition) is 3. The van der Waals surface area contributed by atoms with Crippen LogP contribution in [-0.2, 0) is 11.3 Å². The number of ether oxygens (including phenoxy) is 1. The molecule has 0 atom stereocenters. The Kier molecular flexibility index (Phi) is 5.06. The second-order valence-electron chi connectivity index (χ2n) is 5.46. The van der Waals surface area contributed by atoms with Gasteiger partial charge in [-0.2, -0.15) is 5.10 Å². The lowest BCUT2D eigenvalue weighted by molar-refractivity contribution is 0.0662. The second kappa shape index (κ2) is 7.20. The van der Waals surface area contributed by atoms with E-state index in [2.05, 4.69) is 44.7 Å². The molecule has 0 bridgehead atoms. The fraction of sp³-hybridized carbons (Fsp3) is 0.438. The van der Waals surface area contributed by atoms with E-state index in [0.29, 0.717) is 0 Å². The monoisotopic (exact) mass is 349 g/mol. The van der Waals surface area contributed by atoms with E-state index in [1.165, 1.54) is 18.4 Å². The SMILES string of the molecule is Brc1ccc(-n2cc(CNCC3CCOCC3)cn2)cc1. The molecule has 2 aromatic rings. The van der Waals surface area contributed by atoms with Crippen LogP contribution in [0.4, 0.5) is 0 Å². The molecule has 1 aromatic heterocycles. The lowest BCUT2D eigenvalue weighted by atomic mass is 10.0. The minimum absolute atomic E-state index is 0.750. The Morgan fingerprint density at radius 2 is 2.00 bits per heavy atom. The van der Waals surface area contributed by atoms with Crippen LogP contribution in [0.3, 0.4) is 0 Å². The van der Waals surface area contributed by atoms with Crippen molar-refractivity contribution in [3.8, 4) is 5.69 Å². The standard InChI is InChI=1S/C16H20BrN3O/c17-15-1-3-16(4-2-15)20-12-14(11-19-20)10-18-9-13-5-7-21-8-6-13/h1-4,11-13,18H,5-10H2. The quantitative estimate of drug-likeness (QED) is 0.901. The lowest BCUT2D eigenvalue weighted by Crippen LogP contribution is -2.27. The minimum Gasteiger partial charge on any atom is -0.381 e. The van der Waals surface area contributed by atoms with Gasteiger partial charge in [0.2, 0.25) is 0 Å². The van der Waals surface area contributed by atoms with Gasteiger partial charge in [-0.15, -0.1) is 0 Å². The molecule has 0 spiro atoms. The summed E-state index contributed by atoms with van der Waals surface area (Å²) in [4.78, 5) is 0. The van der Waals surface area contributed by atoms with Gasteiger partial charge in [-0.05, 0) is 49.6 Å². The highest BCUT2D eigenvalue weighted by molar-refractivity contribution is 9.10. The maximum atomic E-state index is 5.38. The maximum absolute atomic E-state index is 5.38. The van der Waals surface area contributed by atoms with E-state index in [9.17, 15) is 0 Å². The van der Waals surface area contributed by atoms with E-state index in [4.69, 9.17) is 4.74 Å². The third-order valence-corrected chi connectivity index (χ3v) is 4.36. The molecule has 1 N–H and O–H groups in total. The van der Waals surface area contributed by atoms with Crippen LogP contribution in [-0.4, -0.2) is 29.5 Å². The zero-order valence-corrected chi connectivity index (χ0v) is 13.6. The van der Waals surface area contributed by atoms with Crippen molar-refractivity contribution in [1.29, 1.82) is 0 Å². The zero-order chi connectivity index (χ0) is 14.5. The fourth-order valence-corrected chi connectivity index (χ4v) is 2.82. The number of aromatic nitrogens is 2. The summed E-state index contributed by atoms with van der Waals surface area (Å²) in [6, 6.07) is 8.16. The van der Waals surface area contributed by atoms with E-state index < -0.39 is 0 Å². The van der Waals surface area contributed by atoms with E-state index >= 15 is 0 Å². The first-order valence-corrected chi connectivity index (χ1v) is 8.18. The number of rotatable bonds is 5. The smallest absolute Gasteiger partial charge is 0.0646 e. The van der Waals surface area contributed by atoms with Crippen molar-refractivity contribution < 1.29 is 4.74 Å². The zero-order valence-electron chi connectivity index (χ0n) is 12.0. The van der Waals surface area contributed by atoms with Gasteiger partial charge >= 0.3 is 0 Å². The predicted molar refractivity (Wildman–Crippen MR) is 86.5 cm³/mol. The van der Waals surface area contributed by atoms with Gasteiger partial charge in [0.15, 0.2) is 0 Å². The van der Waals surface area contributed by atoms with E-state index in [0.717, 1.165) is 42.4 Å². The van der Waals surface area contributed by atoms with Crippen LogP contribution in [0.1, 0.15) is 18.4 Å². The Morgan fingerprint density at radius 1 is 1.24 bits per heavy atom. The largest absolute Gasteiger partial charge is 0.381 e. The molecule has 1 saturated heterocycles. The Labute approximate surface area is 133 Å². The molecule has 0 unspecified atom stereocenters. The van der Waals surface area contributed by atoms with Crippen LogP contribution in [0.2, 0.25) is 0 Å². The molecule has 0 saturated carbocycles. The first kappa shape index (κ1) is 14.8. The molecule has 1 aliphatic rings. The highest BCUT2D eigenvalue weighted by Gasteiger charge is 2.13. The van der Waals surface area contributed by atoms with Crippen molar-refractivity contribution in [3.63, 3.8) is 0 Å². The van der Waals surface area contributed by atoms with Gasteiger partial charge in [-0.1, -0.05) is 15.9 Å². The van der Waals surface area contributed by atoms with Crippen LogP contribution in [0.15, 0.2) is 41.1 Å². The molecule has 1 aromatic carbocycles. The summed E-state index contributed by atoms with van der Waals surface area (Å²) >= 11 is 3.45. The van der Waals surface area contributed by atoms with Crippen molar-refractivity contribution in [2.75, 3.05) is 19.8 Å². The van der Waals surface area contributed by atoms with Gasteiger partial charge in [0.05, 0.1) is 11.9 Å². The summed E-state index contributed by atoms with van der Waals surface area (Å²) in [5.74, 6) is 0.750. The van der Waals surface area contributed by atoms with Crippen molar-refractivity contribution >= 4 is 15.9 Å². The molecule has 3 rings (SSSR count). The topological polar surface area (TPSA) is 39.1 Å². The van der Waals surface area contributed by atoms with Crippen molar-refractivity contribution in [2.45, 2.75) is 19.4 Å². The Morgan fingerprint density at radius 3 is 2.76 bits per heavy atom. The first-order valence-electron chi connectivity index (χ1n) is 7.39. The van der Waals surface area contributed by atoms with E-state index in [1.54, 1.807) is 0 Å². The molecule has 2 heterocycles. The number of nitrogens with zero attached hydrogens (tertiary/aromatic N) is 2. The minimum atomic E-state index is 0.750. The average Bonchev–Trinajstić information content (AvgIpc) is 2.98. The molecular formula is C16H20BrN3O. The fourth-order valence-electron chi connectivity index (χ4n) is 2.56. The van der Waals surface area contributed by atoms with E-state index in [-0.39, 0.29) is 0 Å². The molecule has 4 nitrogen and oxygen atoms in total. The maximum Gasteiger partial charge on any atom is 0.0646 e. The van der Waals surface area contributed by atoms with Crippen LogP contribution in [0.5, 0.6) is 0 Å². The van der Waals surface area contributed by atoms with Crippen LogP contribution in [0.25, 0.3) is 5.69 Å². The molecule has 112 valence electrons. The Balaban J connectivity index is 1.51. The van der Waals surface area contributed by atoms with Crippen LogP contribution >= 0.6 is 15.9 Å². The molecule has 21 heavy (non-hydrogen) atoms. The summed E-state index contributed by atoms with van der Waals surface area (Å²) < 4.78 is 8.38. The first-order chi connectivity index (χ1) is 10.3. The van der Waals surface area contributed by atoms with Gasteiger partial charge in [0.1, 0.15) is 0 Å². The summed E-state index contributed by atoms with van der Waals surface area (Å²) in [6.45, 7) is 3.75. The second-order valence-corrected chi connectivity index (χ2v) is 6.37. The molecule has 5 heteroatoms. The number of nitrogens with one attached hydrogen (secondary N) is 1. The third kappa shape index (κ3) is 4.15. The Hall–Kier alpha value is -1.17. The van der Waals surface area contributed by atoms with E-state index in [1.807, 2.05) is 23.0 Å². The Bertz CT molecular complexity index is 561. The lowest BCUT2D eigenvalue weighted by Gasteiger charge is -2.22. The van der Waals surface area contributed by atoms with Gasteiger partial charge in [-0.25, -0.2) is 4.68 Å². The van der Waals surface area contributed by atoms with Gasteiger partial charge in [0.25, 0.3) is 0 Å². The van der Waals surface area contributed by atoms with Crippen LogP contribution < -0.4 is 5.32 Å². The number of halogens is 1. The normalized spacial score (nSPS) is 16.2. The number of hydrogen-bond donors (Lipinski definition) is 1. The van der Waals surface area contributed by atoms with Crippen molar-refractivity contribution in [3.05, 3.63) is 46.7 Å². The highest BCUT2D eigenvalue weighted by Crippen LogP contribution is 2.15. The summed E-state index contributed by atoms with van der Waals surface area (Å²) in [6.07, 6.45) is 6.36. The third-order valence-electron chi connectivity index (χ3n) is 3.83. The van der Waals surface area contributed by atoms with Crippen LogP contribution in [0, 0.1) is 5.92 Å². The molecule has 0 radical (unpaired) electrons. The summed E-state index contributed by atoms with van der Waals surface area (Å²) in [5, 5.41) is 7.95. The molecular weight excluding hydrogens is 330 g/mol. The summed E-state index contributed by atoms with van der Waals surface area (Å²) in [5.41, 5.74) is 2.29. The molecule has 1 aliphatic heterocycles. The predicted octanol–water partition coefficient (Wildman–Crippen LogP) is 3.15. The average molecular weight is 350 g/mol. The summed E-state index contributed by atoms with van der Waals surface area (Å²) in [7, 11) is 0. The van der Waals surface area contributed by atoms with Gasteiger partial charge in [-0.3, -0.25) is 0 Å². The molecule has 0 aliphatic carbocycles. The highest BCUT2D eigenvalue weighted by atomic mass is 79.9.